The number of hydrogen-bond donors (Lipinski definition) is 0. The molecule has 0 amide bonds. The molecule has 0 fully saturated rings. The maximum atomic E-state index is 11.1. The van der Waals surface area contributed by atoms with Gasteiger partial charge in [-0.2, -0.15) is 0 Å². The Bertz CT molecular complexity index is 7280. The number of aromatic nitrogens is 6. The van der Waals surface area contributed by atoms with Crippen LogP contribution in [0.25, 0.3) is 172 Å². The number of fused-ring (bicyclic) bond motifs is 15. The van der Waals surface area contributed by atoms with Gasteiger partial charge in [-0.05, 0) is 182 Å². The molecular weight excluding hydrogens is 1440 g/mol. The van der Waals surface area contributed by atoms with Crippen LogP contribution in [0.5, 0.6) is 17.2 Å². The number of ether oxygens (including phenoxy) is 1. The molecule has 1 aliphatic carbocycles. The summed E-state index contributed by atoms with van der Waals surface area (Å²) in [5.74, 6) is 4.63. The third-order valence-electron chi connectivity index (χ3n) is 22.8. The Hall–Kier alpha value is -14.3. The van der Waals surface area contributed by atoms with Gasteiger partial charge in [-0.15, -0.1) is 0 Å². The Kier molecular flexibility index (Phi) is 20.7. The molecule has 0 radical (unpaired) electrons. The first-order valence-corrected chi connectivity index (χ1v) is 39.1. The topological polar surface area (TPSA) is 102 Å². The Morgan fingerprint density at radius 2 is 0.706 bits per heavy atom. The molecule has 119 heavy (non-hydrogen) atoms. The summed E-state index contributed by atoms with van der Waals surface area (Å²) in [6.07, 6.45) is 1.63. The number of hydrogen-bond acceptors (Lipinski definition) is 7. The maximum Gasteiger partial charge on any atom is 1.00 e. The molecule has 0 saturated carbocycles. The molecule has 3 aromatic heterocycles. The Morgan fingerprint density at radius 3 is 1.31 bits per heavy atom. The summed E-state index contributed by atoms with van der Waals surface area (Å²) in [5.41, 5.74) is 24.1. The van der Waals surface area contributed by atoms with Crippen molar-refractivity contribution in [1.82, 2.24) is 29.5 Å². The van der Waals surface area contributed by atoms with Crippen molar-refractivity contribution >= 4 is 65.0 Å². The van der Waals surface area contributed by atoms with Crippen LogP contribution in [0.4, 0.5) is 0 Å². The molecule has 23 rings (SSSR count). The largest absolute Gasteiger partial charge is 1.00 e. The van der Waals surface area contributed by atoms with Crippen LogP contribution in [0.1, 0.15) is 22.3 Å². The van der Waals surface area contributed by atoms with Gasteiger partial charge in [0.25, 0.3) is 0 Å². The van der Waals surface area contributed by atoms with Crippen molar-refractivity contribution in [2.75, 3.05) is 0 Å². The summed E-state index contributed by atoms with van der Waals surface area (Å²) in [4.78, 5) is 23.8. The molecule has 21 aromatic rings. The molecule has 0 N–H and O–H groups in total. The molecule has 0 unspecified atom stereocenters. The average molecular weight is 1510 g/mol. The Morgan fingerprint density at radius 1 is 0.277 bits per heavy atom. The zero-order valence-corrected chi connectivity index (χ0v) is 65.8. The standard InChI is InChI=1S/C53H34N2.C46H29N3O.C9H7NO.CH3.2Li/c1-2-16-44(17-3-1)55-50-21-11-10-20-49(50)54-53(55)38-26-22-37(23-27-38)41-30-31-47-48(34-41)52(43-29-25-36-13-5-7-15-40(36)33-43)46-19-9-8-18-45(46)51(47)42-28-24-35-12-4-6-14-39(35)32-42;1-3-13-31(14-4-1)43-47-44(32-15-5-2-6-16-32)49-45(48-43)33-25-23-30(24-26-33)34-27-28-42-40(29-34)46(39-21-11-12-22-41(39)50-42)37-19-9-7-17-35(37)36-18-8-10-20-38(36)46;11-8-5-1-3-7-4-2-6-10-9(7)8;;;/h1-34H;1-29H;1-6,11H;1H3;;/q;;;-1;2*+1/p-1. The fourth-order valence-corrected chi connectivity index (χ4v) is 17.4. The summed E-state index contributed by atoms with van der Waals surface area (Å²) in [7, 11) is 0. The number of nitrogens with zero attached hydrogens (tertiary/aromatic N) is 6. The van der Waals surface area contributed by atoms with Crippen LogP contribution in [-0.4, -0.2) is 29.5 Å². The summed E-state index contributed by atoms with van der Waals surface area (Å²) >= 11 is 0. The van der Waals surface area contributed by atoms with E-state index in [1.807, 2.05) is 78.9 Å². The van der Waals surface area contributed by atoms with Crippen molar-refractivity contribution in [2.24, 2.45) is 0 Å². The molecule has 8 nitrogen and oxygen atoms in total. The molecule has 18 aromatic carbocycles. The van der Waals surface area contributed by atoms with E-state index < -0.39 is 5.41 Å². The summed E-state index contributed by atoms with van der Waals surface area (Å²) in [6.45, 7) is 0. The van der Waals surface area contributed by atoms with Crippen molar-refractivity contribution in [3.8, 4) is 124 Å². The van der Waals surface area contributed by atoms with Crippen LogP contribution >= 0.6 is 0 Å². The number of para-hydroxylation sites is 5. The fourth-order valence-electron chi connectivity index (χ4n) is 17.4. The SMILES string of the molecule is [CH3-].[Li+].[Li+].[O-]c1cccc2cccnc12.c1ccc(-c2nc(-c3ccccc3)nc(-c3ccc(-c4ccc5c(c4)C4(c6ccccc6O5)c5ccccc5-c5ccccc54)cc3)n2)cc1.c1ccc(-n2c(-c3ccc(-c4ccc5c(-c6ccc7ccccc7c6)c6ccccc6c(-c6ccc7ccccc7c6)c5c4)cc3)nc3ccccc32)cc1. The molecular formula is C109H72Li2N6O2. The van der Waals surface area contributed by atoms with Gasteiger partial charge < -0.3 is 17.3 Å². The van der Waals surface area contributed by atoms with Crippen LogP contribution in [0.3, 0.4) is 0 Å². The normalized spacial score (nSPS) is 11.8. The van der Waals surface area contributed by atoms with Gasteiger partial charge in [0.1, 0.15) is 17.3 Å². The van der Waals surface area contributed by atoms with Gasteiger partial charge in [-0.1, -0.05) is 352 Å². The van der Waals surface area contributed by atoms with E-state index in [2.05, 4.69) is 331 Å². The summed E-state index contributed by atoms with van der Waals surface area (Å²) < 4.78 is 8.89. The third-order valence-corrected chi connectivity index (χ3v) is 22.8. The smallest absolute Gasteiger partial charge is 0.871 e. The number of benzene rings is 18. The van der Waals surface area contributed by atoms with Crippen molar-refractivity contribution in [3.05, 3.63) is 448 Å². The van der Waals surface area contributed by atoms with E-state index in [1.54, 1.807) is 12.3 Å². The third kappa shape index (κ3) is 13.7. The number of rotatable bonds is 9. The predicted octanol–water partition coefficient (Wildman–Crippen LogP) is 21.1. The second-order valence-electron chi connectivity index (χ2n) is 29.4. The molecule has 1 spiro atoms. The van der Waals surface area contributed by atoms with Crippen molar-refractivity contribution in [1.29, 1.82) is 0 Å². The van der Waals surface area contributed by atoms with Gasteiger partial charge in [-0.25, -0.2) is 19.9 Å². The molecule has 0 saturated heterocycles. The van der Waals surface area contributed by atoms with Gasteiger partial charge >= 0.3 is 37.7 Å². The first-order chi connectivity index (χ1) is 57.4. The van der Waals surface area contributed by atoms with Crippen molar-refractivity contribution in [3.63, 3.8) is 0 Å². The van der Waals surface area contributed by atoms with Gasteiger partial charge in [0.15, 0.2) is 17.5 Å². The average Bonchev–Trinajstić information content (AvgIpc) is 1.55. The second kappa shape index (κ2) is 32.4. The fraction of sp³-hybridized carbons (Fsp3) is 0.00917. The van der Waals surface area contributed by atoms with Crippen LogP contribution in [0.2, 0.25) is 0 Å². The van der Waals surface area contributed by atoms with E-state index in [-0.39, 0.29) is 50.9 Å². The molecule has 0 bridgehead atoms. The maximum absolute atomic E-state index is 11.1. The van der Waals surface area contributed by atoms with Gasteiger partial charge in [-0.3, -0.25) is 9.55 Å². The first-order valence-electron chi connectivity index (χ1n) is 39.1. The van der Waals surface area contributed by atoms with E-state index in [4.69, 9.17) is 24.7 Å². The molecule has 10 heteroatoms. The predicted molar refractivity (Wildman–Crippen MR) is 479 cm³/mol. The number of pyridine rings is 1. The molecule has 0 atom stereocenters. The van der Waals surface area contributed by atoms with E-state index in [9.17, 15) is 5.11 Å². The van der Waals surface area contributed by atoms with Crippen LogP contribution < -0.4 is 47.6 Å². The van der Waals surface area contributed by atoms with Gasteiger partial charge in [0.2, 0.25) is 0 Å². The van der Waals surface area contributed by atoms with Crippen molar-refractivity contribution < 1.29 is 47.6 Å². The summed E-state index contributed by atoms with van der Waals surface area (Å²) in [5, 5.41) is 22.0. The number of imidazole rings is 1. The van der Waals surface area contributed by atoms with Crippen LogP contribution in [0, 0.1) is 7.43 Å². The van der Waals surface area contributed by atoms with E-state index in [0.29, 0.717) is 23.0 Å². The monoisotopic (exact) mass is 1510 g/mol. The minimum atomic E-state index is -0.500. The molecule has 4 heterocycles. The zero-order chi connectivity index (χ0) is 77.0. The van der Waals surface area contributed by atoms with Crippen molar-refractivity contribution in [2.45, 2.75) is 5.41 Å². The zero-order valence-electron chi connectivity index (χ0n) is 65.8. The first kappa shape index (κ1) is 76.0. The molecule has 2 aliphatic rings. The minimum absolute atomic E-state index is 0. The minimum Gasteiger partial charge on any atom is -0.871 e. The van der Waals surface area contributed by atoms with Gasteiger partial charge in [0.05, 0.1) is 22.0 Å². The Balaban J connectivity index is 0.000000142. The van der Waals surface area contributed by atoms with E-state index in [1.165, 1.54) is 99.2 Å². The second-order valence-corrected chi connectivity index (χ2v) is 29.4. The van der Waals surface area contributed by atoms with E-state index in [0.717, 1.165) is 89.5 Å². The van der Waals surface area contributed by atoms with E-state index >= 15 is 0 Å². The quantitative estimate of drug-likeness (QED) is 0.0806. The van der Waals surface area contributed by atoms with Gasteiger partial charge in [0, 0.05) is 45.3 Å². The summed E-state index contributed by atoms with van der Waals surface area (Å²) in [6, 6.07) is 145. The molecule has 1 aliphatic heterocycles. The van der Waals surface area contributed by atoms with Crippen LogP contribution in [0.15, 0.2) is 419 Å². The molecule has 552 valence electrons. The Labute approximate surface area is 714 Å². The van der Waals surface area contributed by atoms with Crippen LogP contribution in [-0.2, 0) is 5.41 Å².